The summed E-state index contributed by atoms with van der Waals surface area (Å²) in [4.78, 5) is 12.9. The van der Waals surface area contributed by atoms with Gasteiger partial charge in [0.1, 0.15) is 12.3 Å². The van der Waals surface area contributed by atoms with Crippen molar-refractivity contribution < 1.29 is 17.9 Å². The van der Waals surface area contributed by atoms with Crippen molar-refractivity contribution in [3.8, 4) is 5.75 Å². The molecule has 0 aliphatic heterocycles. The van der Waals surface area contributed by atoms with Crippen molar-refractivity contribution in [2.75, 3.05) is 29.8 Å². The van der Waals surface area contributed by atoms with Gasteiger partial charge in [-0.05, 0) is 48.9 Å². The number of ether oxygens (including phenoxy) is 1. The normalized spacial score (nSPS) is 11.2. The Kier molecular flexibility index (Phi) is 10.2. The van der Waals surface area contributed by atoms with Crippen LogP contribution in [0.3, 0.4) is 0 Å². The van der Waals surface area contributed by atoms with Crippen LogP contribution in [0.2, 0.25) is 10.0 Å². The first-order valence-corrected chi connectivity index (χ1v) is 14.3. The molecule has 0 atom stereocenters. The average Bonchev–Trinajstić information content (AvgIpc) is 2.85. The molecule has 0 saturated heterocycles. The minimum absolute atomic E-state index is 0.0938. The predicted molar refractivity (Wildman–Crippen MR) is 144 cm³/mol. The van der Waals surface area contributed by atoms with E-state index in [4.69, 9.17) is 27.9 Å². The van der Waals surface area contributed by atoms with Gasteiger partial charge in [-0.2, -0.15) is 11.8 Å². The van der Waals surface area contributed by atoms with Gasteiger partial charge in [0.25, 0.3) is 10.0 Å². The number of nitrogens with one attached hydrogen (secondary N) is 1. The monoisotopic (exact) mass is 552 g/mol. The summed E-state index contributed by atoms with van der Waals surface area (Å²) in [6.45, 7) is 2.18. The fraction of sp³-hybridized carbons (Fsp3) is 0.240. The number of para-hydroxylation sites is 2. The molecule has 0 bridgehead atoms. The molecule has 10 heteroatoms. The fourth-order valence-corrected chi connectivity index (χ4v) is 5.81. The number of anilines is 1. The molecule has 1 N–H and O–H groups in total. The van der Waals surface area contributed by atoms with E-state index in [-0.39, 0.29) is 11.4 Å². The lowest BCUT2D eigenvalue weighted by Gasteiger charge is -2.26. The summed E-state index contributed by atoms with van der Waals surface area (Å²) < 4.78 is 33.7. The van der Waals surface area contributed by atoms with E-state index in [9.17, 15) is 13.2 Å². The Morgan fingerprint density at radius 2 is 1.71 bits per heavy atom. The zero-order valence-electron chi connectivity index (χ0n) is 19.1. The molecule has 186 valence electrons. The third-order valence-electron chi connectivity index (χ3n) is 4.87. The Bertz CT molecular complexity index is 1240. The summed E-state index contributed by atoms with van der Waals surface area (Å²) in [5, 5.41) is 3.82. The molecule has 6 nitrogen and oxygen atoms in total. The van der Waals surface area contributed by atoms with Crippen LogP contribution in [0.1, 0.15) is 12.5 Å². The first-order valence-electron chi connectivity index (χ1n) is 10.9. The van der Waals surface area contributed by atoms with Gasteiger partial charge in [-0.25, -0.2) is 8.42 Å². The second kappa shape index (κ2) is 13.1. The van der Waals surface area contributed by atoms with Crippen molar-refractivity contribution in [2.24, 2.45) is 0 Å². The van der Waals surface area contributed by atoms with E-state index in [0.29, 0.717) is 46.1 Å². The summed E-state index contributed by atoms with van der Waals surface area (Å²) in [7, 11) is -4.00. The third-order valence-corrected chi connectivity index (χ3v) is 8.42. The van der Waals surface area contributed by atoms with Gasteiger partial charge in [0.2, 0.25) is 5.91 Å². The van der Waals surface area contributed by atoms with Gasteiger partial charge in [0, 0.05) is 18.1 Å². The van der Waals surface area contributed by atoms with E-state index in [2.05, 4.69) is 5.32 Å². The van der Waals surface area contributed by atoms with E-state index in [1.54, 1.807) is 60.3 Å². The molecule has 0 heterocycles. The van der Waals surface area contributed by atoms with Crippen molar-refractivity contribution in [3.05, 3.63) is 88.4 Å². The lowest BCUT2D eigenvalue weighted by molar-refractivity contribution is -0.119. The summed E-state index contributed by atoms with van der Waals surface area (Å²) in [5.74, 6) is 1.33. The van der Waals surface area contributed by atoms with Gasteiger partial charge in [-0.1, -0.05) is 59.6 Å². The zero-order valence-corrected chi connectivity index (χ0v) is 22.3. The molecule has 0 aromatic heterocycles. The highest BCUT2D eigenvalue weighted by atomic mass is 35.5. The molecule has 0 unspecified atom stereocenters. The Hall–Kier alpha value is -2.39. The van der Waals surface area contributed by atoms with Crippen LogP contribution in [-0.4, -0.2) is 39.8 Å². The predicted octanol–water partition coefficient (Wildman–Crippen LogP) is 5.64. The highest BCUT2D eigenvalue weighted by Crippen LogP contribution is 2.32. The minimum Gasteiger partial charge on any atom is -0.492 e. The number of carbonyl (C=O) groups excluding carboxylic acids is 1. The molecule has 0 aliphatic carbocycles. The van der Waals surface area contributed by atoms with E-state index >= 15 is 0 Å². The SMILES string of the molecule is CCOc1ccccc1N(CC(=O)NCCSCc1ccc(Cl)c(Cl)c1)S(=O)(=O)c1ccccc1. The Morgan fingerprint density at radius 1 is 1.00 bits per heavy atom. The maximum Gasteiger partial charge on any atom is 0.264 e. The summed E-state index contributed by atoms with van der Waals surface area (Å²) in [5.41, 5.74) is 1.34. The van der Waals surface area contributed by atoms with Crippen molar-refractivity contribution in [3.63, 3.8) is 0 Å². The van der Waals surface area contributed by atoms with Crippen LogP contribution in [0.5, 0.6) is 5.75 Å². The second-order valence-electron chi connectivity index (χ2n) is 7.38. The number of amides is 1. The van der Waals surface area contributed by atoms with E-state index in [1.165, 1.54) is 12.1 Å². The van der Waals surface area contributed by atoms with Crippen LogP contribution < -0.4 is 14.4 Å². The maximum atomic E-state index is 13.5. The van der Waals surface area contributed by atoms with Crippen molar-refractivity contribution >= 4 is 56.6 Å². The number of carbonyl (C=O) groups is 1. The molecule has 0 fully saturated rings. The van der Waals surface area contributed by atoms with Crippen LogP contribution in [0.15, 0.2) is 77.7 Å². The molecule has 1 amide bonds. The molecule has 0 radical (unpaired) electrons. The van der Waals surface area contributed by atoms with Crippen LogP contribution in [0.25, 0.3) is 0 Å². The van der Waals surface area contributed by atoms with Gasteiger partial charge in [0.15, 0.2) is 0 Å². The van der Waals surface area contributed by atoms with Gasteiger partial charge >= 0.3 is 0 Å². The largest absolute Gasteiger partial charge is 0.492 e. The van der Waals surface area contributed by atoms with Crippen molar-refractivity contribution in [1.82, 2.24) is 5.32 Å². The quantitative estimate of drug-likeness (QED) is 0.294. The Balaban J connectivity index is 1.67. The molecule has 0 aliphatic rings. The van der Waals surface area contributed by atoms with Gasteiger partial charge < -0.3 is 10.1 Å². The molecule has 3 rings (SSSR count). The number of nitrogens with zero attached hydrogens (tertiary/aromatic N) is 1. The van der Waals surface area contributed by atoms with E-state index < -0.39 is 15.9 Å². The number of hydrogen-bond acceptors (Lipinski definition) is 5. The number of halogens is 2. The second-order valence-corrected chi connectivity index (χ2v) is 11.2. The van der Waals surface area contributed by atoms with Crippen molar-refractivity contribution in [1.29, 1.82) is 0 Å². The van der Waals surface area contributed by atoms with Crippen LogP contribution >= 0.6 is 35.0 Å². The third kappa shape index (κ3) is 7.54. The Morgan fingerprint density at radius 3 is 2.43 bits per heavy atom. The van der Waals surface area contributed by atoms with Crippen molar-refractivity contribution in [2.45, 2.75) is 17.6 Å². The van der Waals surface area contributed by atoms with Crippen LogP contribution in [-0.2, 0) is 20.6 Å². The molecule has 35 heavy (non-hydrogen) atoms. The molecular formula is C25H26Cl2N2O4S2. The number of rotatable bonds is 12. The van der Waals surface area contributed by atoms with Gasteiger partial charge in [0.05, 0.1) is 27.2 Å². The van der Waals surface area contributed by atoms with E-state index in [0.717, 1.165) is 9.87 Å². The lowest BCUT2D eigenvalue weighted by atomic mass is 10.2. The van der Waals surface area contributed by atoms with Crippen LogP contribution in [0.4, 0.5) is 5.69 Å². The smallest absolute Gasteiger partial charge is 0.264 e. The van der Waals surface area contributed by atoms with Gasteiger partial charge in [-0.15, -0.1) is 0 Å². The highest BCUT2D eigenvalue weighted by molar-refractivity contribution is 7.98. The number of hydrogen-bond donors (Lipinski definition) is 1. The molecule has 0 saturated carbocycles. The Labute approximate surface area is 220 Å². The van der Waals surface area contributed by atoms with Gasteiger partial charge in [-0.3, -0.25) is 9.10 Å². The molecule has 0 spiro atoms. The fourth-order valence-electron chi connectivity index (χ4n) is 3.23. The summed E-state index contributed by atoms with van der Waals surface area (Å²) in [6.07, 6.45) is 0. The maximum absolute atomic E-state index is 13.5. The summed E-state index contributed by atoms with van der Waals surface area (Å²) >= 11 is 13.6. The average molecular weight is 554 g/mol. The topological polar surface area (TPSA) is 75.7 Å². The highest BCUT2D eigenvalue weighted by Gasteiger charge is 2.29. The lowest BCUT2D eigenvalue weighted by Crippen LogP contribution is -2.41. The molecule has 3 aromatic rings. The molecular weight excluding hydrogens is 527 g/mol. The number of sulfonamides is 1. The zero-order chi connectivity index (χ0) is 25.3. The minimum atomic E-state index is -4.00. The molecule has 3 aromatic carbocycles. The number of benzene rings is 3. The standard InChI is InChI=1S/C25H26Cl2N2O4S2/c1-2-33-24-11-7-6-10-23(24)29(35(31,32)20-8-4-3-5-9-20)17-25(30)28-14-15-34-18-19-12-13-21(26)22(27)16-19/h3-13,16H,2,14-15,17-18H2,1H3,(H,28,30). The summed E-state index contributed by atoms with van der Waals surface area (Å²) in [6, 6.07) is 20.3. The van der Waals surface area contributed by atoms with E-state index in [1.807, 2.05) is 19.1 Å². The van der Waals surface area contributed by atoms with Crippen LogP contribution in [0, 0.1) is 0 Å². The first-order chi connectivity index (χ1) is 16.8. The first kappa shape index (κ1) is 27.2. The number of thioether (sulfide) groups is 1.